The second-order valence-electron chi connectivity index (χ2n) is 7.52. The summed E-state index contributed by atoms with van der Waals surface area (Å²) in [5.41, 5.74) is 5.62. The summed E-state index contributed by atoms with van der Waals surface area (Å²) >= 11 is 0. The third kappa shape index (κ3) is 3.13. The molecule has 1 aromatic carbocycles. The summed E-state index contributed by atoms with van der Waals surface area (Å²) in [5, 5.41) is 11.1. The van der Waals surface area contributed by atoms with Crippen LogP contribution in [0.5, 0.6) is 0 Å². The number of aromatic nitrogens is 3. The van der Waals surface area contributed by atoms with Crippen LogP contribution in [-0.2, 0) is 6.54 Å². The molecule has 142 valence electrons. The summed E-state index contributed by atoms with van der Waals surface area (Å²) in [5.74, 6) is 0. The maximum Gasteiger partial charge on any atom is 0.141 e. The van der Waals surface area contributed by atoms with Gasteiger partial charge in [0.15, 0.2) is 0 Å². The van der Waals surface area contributed by atoms with Gasteiger partial charge in [-0.25, -0.2) is 9.97 Å². The number of nitriles is 1. The summed E-state index contributed by atoms with van der Waals surface area (Å²) in [6.07, 6.45) is 10.4. The molecule has 0 amide bonds. The largest absolute Gasteiger partial charge is 0.370 e. The highest BCUT2D eigenvalue weighted by molar-refractivity contribution is 6.06. The van der Waals surface area contributed by atoms with E-state index in [4.69, 9.17) is 5.26 Å². The van der Waals surface area contributed by atoms with E-state index in [2.05, 4.69) is 75.5 Å². The molecule has 4 heterocycles. The molecule has 0 spiro atoms. The molecule has 1 N–H and O–H groups in total. The number of nitrogens with zero attached hydrogens (tertiary/aromatic N) is 4. The van der Waals surface area contributed by atoms with Crippen LogP contribution in [0.1, 0.15) is 31.0 Å². The van der Waals surface area contributed by atoms with Gasteiger partial charge in [0, 0.05) is 35.1 Å². The zero-order valence-electron chi connectivity index (χ0n) is 16.3. The summed E-state index contributed by atoms with van der Waals surface area (Å²) in [4.78, 5) is 14.4. The molecule has 1 atom stereocenters. The SMILES string of the molecule is CCC1CC=CN1Cc1ccc(-c2cnc3[nH]c4cnc(C#N)cc4c3c2)cc1. The average molecular weight is 379 g/mol. The Morgan fingerprint density at radius 3 is 2.76 bits per heavy atom. The van der Waals surface area contributed by atoms with Gasteiger partial charge in [0.05, 0.1) is 11.7 Å². The molecule has 1 aliphatic rings. The summed E-state index contributed by atoms with van der Waals surface area (Å²) in [6, 6.07) is 15.4. The average Bonchev–Trinajstić information content (AvgIpc) is 3.37. The first-order chi connectivity index (χ1) is 14.2. The molecule has 0 aliphatic carbocycles. The highest BCUT2D eigenvalue weighted by Crippen LogP contribution is 2.29. The van der Waals surface area contributed by atoms with Gasteiger partial charge in [-0.1, -0.05) is 37.3 Å². The monoisotopic (exact) mass is 379 g/mol. The van der Waals surface area contributed by atoms with Crippen LogP contribution < -0.4 is 0 Å². The predicted octanol–water partition coefficient (Wildman–Crippen LogP) is 5.15. The van der Waals surface area contributed by atoms with Crippen molar-refractivity contribution < 1.29 is 0 Å². The zero-order chi connectivity index (χ0) is 19.8. The Bertz CT molecular complexity index is 1260. The van der Waals surface area contributed by atoms with Crippen LogP contribution >= 0.6 is 0 Å². The van der Waals surface area contributed by atoms with Gasteiger partial charge in [-0.3, -0.25) is 0 Å². The summed E-state index contributed by atoms with van der Waals surface area (Å²) in [6.45, 7) is 3.19. The maximum atomic E-state index is 9.15. The maximum absolute atomic E-state index is 9.15. The van der Waals surface area contributed by atoms with E-state index < -0.39 is 0 Å². The van der Waals surface area contributed by atoms with Crippen LogP contribution in [-0.4, -0.2) is 25.9 Å². The normalized spacial score (nSPS) is 16.0. The smallest absolute Gasteiger partial charge is 0.141 e. The molecule has 29 heavy (non-hydrogen) atoms. The van der Waals surface area contributed by atoms with Crippen molar-refractivity contribution in [2.24, 2.45) is 0 Å². The second-order valence-corrected chi connectivity index (χ2v) is 7.52. The van der Waals surface area contributed by atoms with Crippen molar-refractivity contribution in [3.63, 3.8) is 0 Å². The summed E-state index contributed by atoms with van der Waals surface area (Å²) in [7, 11) is 0. The molecule has 0 fully saturated rings. The molecule has 5 nitrogen and oxygen atoms in total. The standard InChI is InChI=1S/C24H21N5/c1-2-20-4-3-9-29(20)15-16-5-7-17(8-6-16)18-10-22-21-11-19(12-25)26-14-23(21)28-24(22)27-13-18/h3,5-11,13-14,20H,2,4,15H2,1H3,(H,27,28). The minimum atomic E-state index is 0.412. The van der Waals surface area contributed by atoms with Gasteiger partial charge in [-0.2, -0.15) is 5.26 Å². The van der Waals surface area contributed by atoms with Crippen LogP contribution in [0.25, 0.3) is 33.1 Å². The lowest BCUT2D eigenvalue weighted by Gasteiger charge is -2.24. The van der Waals surface area contributed by atoms with Crippen LogP contribution in [0.15, 0.2) is 61.1 Å². The van der Waals surface area contributed by atoms with Gasteiger partial charge in [0.2, 0.25) is 0 Å². The van der Waals surface area contributed by atoms with Crippen molar-refractivity contribution in [1.29, 1.82) is 5.26 Å². The van der Waals surface area contributed by atoms with E-state index in [9.17, 15) is 0 Å². The number of rotatable bonds is 4. The Hall–Kier alpha value is -3.65. The number of pyridine rings is 2. The number of nitrogens with one attached hydrogen (secondary N) is 1. The van der Waals surface area contributed by atoms with Crippen molar-refractivity contribution in [3.05, 3.63) is 72.3 Å². The fraction of sp³-hybridized carbons (Fsp3) is 0.208. The molecular weight excluding hydrogens is 358 g/mol. The van der Waals surface area contributed by atoms with Crippen molar-refractivity contribution >= 4 is 21.9 Å². The molecule has 1 unspecified atom stereocenters. The number of H-pyrrole nitrogens is 1. The molecule has 5 heteroatoms. The quantitative estimate of drug-likeness (QED) is 0.532. The van der Waals surface area contributed by atoms with Gasteiger partial charge in [-0.15, -0.1) is 0 Å². The van der Waals surface area contributed by atoms with Gasteiger partial charge in [0.25, 0.3) is 0 Å². The minimum Gasteiger partial charge on any atom is -0.370 e. The number of hydrogen-bond acceptors (Lipinski definition) is 4. The van der Waals surface area contributed by atoms with Crippen LogP contribution in [0.2, 0.25) is 0 Å². The minimum absolute atomic E-state index is 0.412. The predicted molar refractivity (Wildman–Crippen MR) is 115 cm³/mol. The second kappa shape index (κ2) is 7.06. The van der Waals surface area contributed by atoms with Gasteiger partial charge in [0.1, 0.15) is 17.4 Å². The first-order valence-electron chi connectivity index (χ1n) is 9.94. The topological polar surface area (TPSA) is 68.6 Å². The van der Waals surface area contributed by atoms with E-state index in [1.165, 1.54) is 12.0 Å². The third-order valence-electron chi connectivity index (χ3n) is 5.75. The lowest BCUT2D eigenvalue weighted by molar-refractivity contribution is 0.285. The zero-order valence-corrected chi connectivity index (χ0v) is 16.3. The Kier molecular flexibility index (Phi) is 4.25. The highest BCUT2D eigenvalue weighted by atomic mass is 15.1. The van der Waals surface area contributed by atoms with E-state index >= 15 is 0 Å². The first kappa shape index (κ1) is 17.4. The number of fused-ring (bicyclic) bond motifs is 3. The van der Waals surface area contributed by atoms with Gasteiger partial charge < -0.3 is 9.88 Å². The molecule has 1 aliphatic heterocycles. The number of benzene rings is 1. The summed E-state index contributed by atoms with van der Waals surface area (Å²) < 4.78 is 0. The van der Waals surface area contributed by atoms with E-state index in [0.717, 1.165) is 46.0 Å². The highest BCUT2D eigenvalue weighted by Gasteiger charge is 2.17. The van der Waals surface area contributed by atoms with E-state index in [0.29, 0.717) is 11.7 Å². The third-order valence-corrected chi connectivity index (χ3v) is 5.75. The van der Waals surface area contributed by atoms with E-state index in [-0.39, 0.29) is 0 Å². The Morgan fingerprint density at radius 1 is 1.10 bits per heavy atom. The first-order valence-corrected chi connectivity index (χ1v) is 9.94. The van der Waals surface area contributed by atoms with Crippen molar-refractivity contribution in [3.8, 4) is 17.2 Å². The van der Waals surface area contributed by atoms with Crippen LogP contribution in [0, 0.1) is 11.3 Å². The number of aromatic amines is 1. The molecule has 0 saturated carbocycles. The molecule has 3 aromatic heterocycles. The van der Waals surface area contributed by atoms with E-state index in [1.54, 1.807) is 6.20 Å². The Labute approximate surface area is 169 Å². The van der Waals surface area contributed by atoms with Crippen molar-refractivity contribution in [2.75, 3.05) is 0 Å². The fourth-order valence-electron chi connectivity index (χ4n) is 4.10. The van der Waals surface area contributed by atoms with Crippen LogP contribution in [0.4, 0.5) is 0 Å². The number of hydrogen-bond donors (Lipinski definition) is 1. The molecular formula is C24H21N5. The Balaban J connectivity index is 1.46. The fourth-order valence-corrected chi connectivity index (χ4v) is 4.10. The van der Waals surface area contributed by atoms with Gasteiger partial charge >= 0.3 is 0 Å². The van der Waals surface area contributed by atoms with Crippen LogP contribution in [0.3, 0.4) is 0 Å². The molecule has 4 aromatic rings. The van der Waals surface area contributed by atoms with Crippen molar-refractivity contribution in [2.45, 2.75) is 32.4 Å². The molecule has 0 bridgehead atoms. The van der Waals surface area contributed by atoms with E-state index in [1.807, 2.05) is 12.3 Å². The molecule has 0 saturated heterocycles. The van der Waals surface area contributed by atoms with Gasteiger partial charge in [-0.05, 0) is 42.3 Å². The Morgan fingerprint density at radius 2 is 1.97 bits per heavy atom. The lowest BCUT2D eigenvalue weighted by atomic mass is 10.0. The lowest BCUT2D eigenvalue weighted by Crippen LogP contribution is -2.25. The molecule has 5 rings (SSSR count). The van der Waals surface area contributed by atoms with Crippen molar-refractivity contribution in [1.82, 2.24) is 19.9 Å². The molecule has 0 radical (unpaired) electrons.